The minimum absolute atomic E-state index is 0.0309. The van der Waals surface area contributed by atoms with Gasteiger partial charge in [-0.15, -0.1) is 22.0 Å². The van der Waals surface area contributed by atoms with E-state index in [4.69, 9.17) is 4.42 Å². The predicted octanol–water partition coefficient (Wildman–Crippen LogP) is 4.25. The first kappa shape index (κ1) is 15.2. The zero-order chi connectivity index (χ0) is 16.2. The number of nitro groups is 1. The molecule has 116 valence electrons. The fourth-order valence-electron chi connectivity index (χ4n) is 1.93. The minimum Gasteiger partial charge on any atom is -0.420 e. The van der Waals surface area contributed by atoms with Crippen LogP contribution in [0.1, 0.15) is 11.5 Å². The zero-order valence-electron chi connectivity index (χ0n) is 12.3. The van der Waals surface area contributed by atoms with E-state index in [9.17, 15) is 10.1 Å². The number of hydrogen-bond acceptors (Lipinski definition) is 6. The van der Waals surface area contributed by atoms with E-state index in [1.165, 1.54) is 17.7 Å². The van der Waals surface area contributed by atoms with Crippen molar-refractivity contribution in [1.82, 2.24) is 10.2 Å². The van der Waals surface area contributed by atoms with Gasteiger partial charge in [0.1, 0.15) is 0 Å². The third-order valence-electron chi connectivity index (χ3n) is 3.18. The topological polar surface area (TPSA) is 82.1 Å². The van der Waals surface area contributed by atoms with Gasteiger partial charge in [0.25, 0.3) is 5.69 Å². The Hall–Kier alpha value is -2.67. The second kappa shape index (κ2) is 6.62. The number of aromatic nitrogens is 2. The molecule has 0 N–H and O–H groups in total. The van der Waals surface area contributed by atoms with Gasteiger partial charge in [-0.1, -0.05) is 17.7 Å². The summed E-state index contributed by atoms with van der Waals surface area (Å²) in [6.07, 6.45) is 0. The molecule has 23 heavy (non-hydrogen) atoms. The fraction of sp³-hybridized carbons (Fsp3) is 0.125. The quantitative estimate of drug-likeness (QED) is 0.396. The summed E-state index contributed by atoms with van der Waals surface area (Å²) in [5.41, 5.74) is 1.91. The van der Waals surface area contributed by atoms with Gasteiger partial charge in [0.2, 0.25) is 11.8 Å². The van der Waals surface area contributed by atoms with E-state index in [2.05, 4.69) is 22.3 Å². The van der Waals surface area contributed by atoms with Crippen molar-refractivity contribution in [1.29, 1.82) is 0 Å². The van der Waals surface area contributed by atoms with Crippen LogP contribution in [0.3, 0.4) is 0 Å². The van der Waals surface area contributed by atoms with Gasteiger partial charge in [-0.25, -0.2) is 0 Å². The van der Waals surface area contributed by atoms with Gasteiger partial charge in [-0.05, 0) is 31.2 Å². The summed E-state index contributed by atoms with van der Waals surface area (Å²) in [5, 5.41) is 18.6. The number of nitro benzene ring substituents is 1. The Morgan fingerprint density at radius 1 is 1.09 bits per heavy atom. The number of thioether (sulfide) groups is 1. The molecule has 6 nitrogen and oxygen atoms in total. The van der Waals surface area contributed by atoms with Crippen LogP contribution < -0.4 is 0 Å². The standard InChI is InChI=1S/C16H13N3O3S/c1-11-2-8-14(9-3-11)23-10-15-17-18-16(22-15)12-4-6-13(7-5-12)19(20)21/h2-9H,10H2,1H3. The Morgan fingerprint density at radius 3 is 2.43 bits per heavy atom. The summed E-state index contributed by atoms with van der Waals surface area (Å²) >= 11 is 1.61. The maximum atomic E-state index is 10.6. The summed E-state index contributed by atoms with van der Waals surface area (Å²) in [7, 11) is 0. The molecule has 0 unspecified atom stereocenters. The van der Waals surface area contributed by atoms with Gasteiger partial charge < -0.3 is 4.42 Å². The van der Waals surface area contributed by atoms with Crippen molar-refractivity contribution in [2.45, 2.75) is 17.6 Å². The first-order valence-corrected chi connectivity index (χ1v) is 7.87. The van der Waals surface area contributed by atoms with E-state index in [1.54, 1.807) is 23.9 Å². The van der Waals surface area contributed by atoms with Gasteiger partial charge in [0.15, 0.2) is 0 Å². The van der Waals surface area contributed by atoms with Gasteiger partial charge in [-0.2, -0.15) is 0 Å². The lowest BCUT2D eigenvalue weighted by molar-refractivity contribution is -0.384. The molecule has 0 bridgehead atoms. The van der Waals surface area contributed by atoms with Crippen molar-refractivity contribution in [3.05, 3.63) is 70.1 Å². The highest BCUT2D eigenvalue weighted by atomic mass is 32.2. The molecule has 0 saturated carbocycles. The molecule has 0 radical (unpaired) electrons. The van der Waals surface area contributed by atoms with E-state index < -0.39 is 4.92 Å². The number of rotatable bonds is 5. The number of benzene rings is 2. The van der Waals surface area contributed by atoms with Crippen molar-refractivity contribution in [2.75, 3.05) is 0 Å². The van der Waals surface area contributed by atoms with Gasteiger partial charge >= 0.3 is 0 Å². The van der Waals surface area contributed by atoms with Gasteiger partial charge in [0.05, 0.1) is 10.7 Å². The number of non-ortho nitro benzene ring substituents is 1. The molecule has 0 aliphatic carbocycles. The van der Waals surface area contributed by atoms with Crippen molar-refractivity contribution >= 4 is 17.4 Å². The number of aryl methyl sites for hydroxylation is 1. The van der Waals surface area contributed by atoms with Crippen LogP contribution in [0, 0.1) is 17.0 Å². The second-order valence-electron chi connectivity index (χ2n) is 4.91. The molecule has 3 rings (SSSR count). The van der Waals surface area contributed by atoms with E-state index in [-0.39, 0.29) is 5.69 Å². The summed E-state index contributed by atoms with van der Waals surface area (Å²) in [6, 6.07) is 14.2. The van der Waals surface area contributed by atoms with Crippen molar-refractivity contribution < 1.29 is 9.34 Å². The Morgan fingerprint density at radius 2 is 1.78 bits per heavy atom. The molecule has 0 amide bonds. The second-order valence-corrected chi connectivity index (χ2v) is 5.96. The summed E-state index contributed by atoms with van der Waals surface area (Å²) in [5.74, 6) is 1.45. The lowest BCUT2D eigenvalue weighted by atomic mass is 10.2. The monoisotopic (exact) mass is 327 g/mol. The molecule has 0 aliphatic rings. The maximum absolute atomic E-state index is 10.6. The Labute approximate surface area is 136 Å². The Balaban J connectivity index is 1.67. The highest BCUT2D eigenvalue weighted by Crippen LogP contribution is 2.25. The van der Waals surface area contributed by atoms with Crippen LogP contribution in [0.25, 0.3) is 11.5 Å². The van der Waals surface area contributed by atoms with Crippen LogP contribution in [0.4, 0.5) is 5.69 Å². The van der Waals surface area contributed by atoms with Crippen molar-refractivity contribution in [2.24, 2.45) is 0 Å². The summed E-state index contributed by atoms with van der Waals surface area (Å²) < 4.78 is 5.60. The van der Waals surface area contributed by atoms with Crippen LogP contribution in [-0.2, 0) is 5.75 Å². The van der Waals surface area contributed by atoms with E-state index >= 15 is 0 Å². The van der Waals surface area contributed by atoms with Crippen molar-refractivity contribution in [3.8, 4) is 11.5 Å². The van der Waals surface area contributed by atoms with Gasteiger partial charge in [0, 0.05) is 22.6 Å². The van der Waals surface area contributed by atoms with Crippen LogP contribution >= 0.6 is 11.8 Å². The van der Waals surface area contributed by atoms with E-state index in [0.717, 1.165) is 4.90 Å². The minimum atomic E-state index is -0.443. The predicted molar refractivity (Wildman–Crippen MR) is 87.1 cm³/mol. The summed E-state index contributed by atoms with van der Waals surface area (Å²) in [6.45, 7) is 2.04. The molecule has 7 heteroatoms. The molecular weight excluding hydrogens is 314 g/mol. The number of nitrogens with zero attached hydrogens (tertiary/aromatic N) is 3. The highest BCUT2D eigenvalue weighted by Gasteiger charge is 2.11. The average molecular weight is 327 g/mol. The molecule has 0 saturated heterocycles. The molecule has 0 atom stereocenters. The molecule has 2 aromatic carbocycles. The normalized spacial score (nSPS) is 10.7. The number of hydrogen-bond donors (Lipinski definition) is 0. The molecule has 0 aliphatic heterocycles. The largest absolute Gasteiger partial charge is 0.420 e. The maximum Gasteiger partial charge on any atom is 0.269 e. The SMILES string of the molecule is Cc1ccc(SCc2nnc(-c3ccc([N+](=O)[O-])cc3)o2)cc1. The van der Waals surface area contributed by atoms with Crippen LogP contribution in [0.15, 0.2) is 57.8 Å². The van der Waals surface area contributed by atoms with Crippen LogP contribution in [0.2, 0.25) is 0 Å². The van der Waals surface area contributed by atoms with E-state index in [1.807, 2.05) is 19.1 Å². The van der Waals surface area contributed by atoms with Crippen LogP contribution in [-0.4, -0.2) is 15.1 Å². The zero-order valence-corrected chi connectivity index (χ0v) is 13.1. The Bertz CT molecular complexity index is 813. The molecule has 0 spiro atoms. The highest BCUT2D eigenvalue weighted by molar-refractivity contribution is 7.98. The van der Waals surface area contributed by atoms with Crippen molar-refractivity contribution in [3.63, 3.8) is 0 Å². The van der Waals surface area contributed by atoms with Crippen LogP contribution in [0.5, 0.6) is 0 Å². The molecule has 1 heterocycles. The lowest BCUT2D eigenvalue weighted by Crippen LogP contribution is -1.87. The molecule has 3 aromatic rings. The summed E-state index contributed by atoms with van der Waals surface area (Å²) in [4.78, 5) is 11.3. The average Bonchev–Trinajstić information content (AvgIpc) is 3.03. The molecular formula is C16H13N3O3S. The Kier molecular flexibility index (Phi) is 4.38. The third kappa shape index (κ3) is 3.75. The lowest BCUT2D eigenvalue weighted by Gasteiger charge is -1.99. The third-order valence-corrected chi connectivity index (χ3v) is 4.17. The van der Waals surface area contributed by atoms with E-state index in [0.29, 0.717) is 23.1 Å². The first-order valence-electron chi connectivity index (χ1n) is 6.88. The first-order chi connectivity index (χ1) is 11.1. The smallest absolute Gasteiger partial charge is 0.269 e. The molecule has 1 aromatic heterocycles. The molecule has 0 fully saturated rings. The van der Waals surface area contributed by atoms with Gasteiger partial charge in [-0.3, -0.25) is 10.1 Å². The fourth-order valence-corrected chi connectivity index (χ4v) is 2.67.